The van der Waals surface area contributed by atoms with Gasteiger partial charge in [0.25, 0.3) is 0 Å². The molecule has 2 nitrogen and oxygen atoms in total. The van der Waals surface area contributed by atoms with Crippen LogP contribution >= 0.6 is 24.8 Å². The number of unbranched alkanes of at least 4 members (excludes halogenated alkanes) is 3. The molecule has 0 saturated heterocycles. The van der Waals surface area contributed by atoms with Crippen LogP contribution in [0.2, 0.25) is 0 Å². The number of aliphatic hydroxyl groups is 1. The maximum Gasteiger partial charge on any atom is 0.349 e. The minimum atomic E-state index is -0.348. The molecule has 0 amide bonds. The Kier molecular flexibility index (Phi) is 8.17. The second kappa shape index (κ2) is 8.14. The van der Waals surface area contributed by atoms with E-state index in [0.29, 0.717) is 6.61 Å². The summed E-state index contributed by atoms with van der Waals surface area (Å²) in [6.45, 7) is 0.530. The number of aliphatic hydroxyl groups excluding tert-OH is 1. The summed E-state index contributed by atoms with van der Waals surface area (Å²) in [5.41, 5.74) is 0. The molecule has 0 fully saturated rings. The molecule has 0 bridgehead atoms. The first-order valence-corrected chi connectivity index (χ1v) is 4.78. The van der Waals surface area contributed by atoms with Crippen molar-refractivity contribution < 1.29 is 9.84 Å². The van der Waals surface area contributed by atoms with Crippen LogP contribution in [0.5, 0.6) is 0 Å². The highest BCUT2D eigenvalue weighted by atomic mass is 32.1. The van der Waals surface area contributed by atoms with Gasteiger partial charge in [0, 0.05) is 12.2 Å². The van der Waals surface area contributed by atoms with E-state index in [-0.39, 0.29) is 5.24 Å². The Labute approximate surface area is 78.4 Å². The molecule has 0 rings (SSSR count). The van der Waals surface area contributed by atoms with Gasteiger partial charge in [-0.2, -0.15) is 12.6 Å². The summed E-state index contributed by atoms with van der Waals surface area (Å²) in [6.07, 6.45) is 4.38. The van der Waals surface area contributed by atoms with Gasteiger partial charge >= 0.3 is 5.24 Å². The van der Waals surface area contributed by atoms with Crippen molar-refractivity contribution in [1.29, 1.82) is 0 Å². The number of hydrogen-bond acceptors (Lipinski definition) is 3. The Hall–Kier alpha value is 0.0400. The minimum Gasteiger partial charge on any atom is -0.472 e. The van der Waals surface area contributed by atoms with Crippen LogP contribution in [0.4, 0.5) is 0 Å². The third-order valence-corrected chi connectivity index (χ3v) is 1.71. The Morgan fingerprint density at radius 1 is 1.27 bits per heavy atom. The fourth-order valence-electron chi connectivity index (χ4n) is 0.727. The van der Waals surface area contributed by atoms with Crippen LogP contribution < -0.4 is 0 Å². The number of ether oxygens (including phenoxy) is 1. The van der Waals surface area contributed by atoms with Gasteiger partial charge in [0.15, 0.2) is 0 Å². The summed E-state index contributed by atoms with van der Waals surface area (Å²) >= 11 is 8.40. The molecule has 0 spiro atoms. The highest BCUT2D eigenvalue weighted by Gasteiger charge is 1.91. The first-order valence-electron chi connectivity index (χ1n) is 3.74. The largest absolute Gasteiger partial charge is 0.472 e. The molecule has 0 aromatic heterocycles. The van der Waals surface area contributed by atoms with Gasteiger partial charge in [-0.05, 0) is 18.6 Å². The third-order valence-electron chi connectivity index (χ3n) is 1.28. The van der Waals surface area contributed by atoms with Crippen LogP contribution in [0.1, 0.15) is 25.7 Å². The quantitative estimate of drug-likeness (QED) is 0.386. The second-order valence-corrected chi connectivity index (χ2v) is 3.05. The number of hydrogen-bond donors (Lipinski definition) is 2. The van der Waals surface area contributed by atoms with Gasteiger partial charge in [-0.3, -0.25) is 0 Å². The van der Waals surface area contributed by atoms with Crippen LogP contribution in [-0.4, -0.2) is 22.7 Å². The van der Waals surface area contributed by atoms with E-state index in [9.17, 15) is 0 Å². The fraction of sp³-hybridized carbons (Fsp3) is 0.857. The summed E-state index contributed by atoms with van der Waals surface area (Å²) in [5.74, 6) is 0.944. The van der Waals surface area contributed by atoms with E-state index >= 15 is 0 Å². The Morgan fingerprint density at radius 2 is 1.91 bits per heavy atom. The highest BCUT2D eigenvalue weighted by molar-refractivity contribution is 7.80. The van der Waals surface area contributed by atoms with Crippen LogP contribution in [-0.2, 0) is 4.74 Å². The van der Waals surface area contributed by atoms with Gasteiger partial charge < -0.3 is 9.84 Å². The van der Waals surface area contributed by atoms with Crippen molar-refractivity contribution >= 4 is 30.1 Å². The smallest absolute Gasteiger partial charge is 0.349 e. The Morgan fingerprint density at radius 3 is 2.45 bits per heavy atom. The zero-order valence-electron chi connectivity index (χ0n) is 6.45. The molecule has 0 aliphatic heterocycles. The molecule has 11 heavy (non-hydrogen) atoms. The molecule has 0 aliphatic carbocycles. The van der Waals surface area contributed by atoms with Crippen molar-refractivity contribution in [1.82, 2.24) is 0 Å². The minimum absolute atomic E-state index is 0.348. The number of thiol groups is 1. The molecule has 1 N–H and O–H groups in total. The molecule has 66 valence electrons. The maximum atomic E-state index is 8.45. The molecular formula is C7H14O2S2. The van der Waals surface area contributed by atoms with E-state index < -0.39 is 0 Å². The van der Waals surface area contributed by atoms with Crippen molar-refractivity contribution in [2.24, 2.45) is 0 Å². The average Bonchev–Trinajstić information content (AvgIpc) is 1.96. The monoisotopic (exact) mass is 194 g/mol. The standard InChI is InChI=1S/C7H14O2S2/c8-7(11)9-5-3-1-2-4-6-10/h10H,1-6H2,(H,8,11). The number of thiocarbonyl (C=S) groups is 1. The first-order chi connectivity index (χ1) is 5.27. The van der Waals surface area contributed by atoms with Gasteiger partial charge in [-0.1, -0.05) is 12.8 Å². The van der Waals surface area contributed by atoms with Gasteiger partial charge in [-0.25, -0.2) is 0 Å². The van der Waals surface area contributed by atoms with E-state index in [1.165, 1.54) is 6.42 Å². The third kappa shape index (κ3) is 10.0. The molecule has 0 radical (unpaired) electrons. The van der Waals surface area contributed by atoms with Crippen molar-refractivity contribution in [3.63, 3.8) is 0 Å². The molecular weight excluding hydrogens is 180 g/mol. The summed E-state index contributed by atoms with van der Waals surface area (Å²) in [5, 5.41) is 8.10. The lowest BCUT2D eigenvalue weighted by Crippen LogP contribution is -2.00. The summed E-state index contributed by atoms with van der Waals surface area (Å²) in [6, 6.07) is 0. The maximum absolute atomic E-state index is 8.45. The number of rotatable bonds is 6. The topological polar surface area (TPSA) is 29.5 Å². The lowest BCUT2D eigenvalue weighted by Gasteiger charge is -2.00. The molecule has 0 aliphatic rings. The summed E-state index contributed by atoms with van der Waals surface area (Å²) < 4.78 is 4.69. The summed E-state index contributed by atoms with van der Waals surface area (Å²) in [7, 11) is 0. The second-order valence-electron chi connectivity index (χ2n) is 2.25. The van der Waals surface area contributed by atoms with E-state index in [4.69, 9.17) is 5.11 Å². The SMILES string of the molecule is OC(=S)OCCCCCCS. The Balaban J connectivity index is 2.85. The molecule has 0 unspecified atom stereocenters. The van der Waals surface area contributed by atoms with Gasteiger partial charge in [-0.15, -0.1) is 0 Å². The van der Waals surface area contributed by atoms with Crippen molar-refractivity contribution in [2.75, 3.05) is 12.4 Å². The average molecular weight is 194 g/mol. The lowest BCUT2D eigenvalue weighted by molar-refractivity contribution is 0.234. The molecule has 0 aromatic rings. The fourth-order valence-corrected chi connectivity index (χ4v) is 1.03. The molecule has 0 heterocycles. The van der Waals surface area contributed by atoms with E-state index in [0.717, 1.165) is 25.0 Å². The van der Waals surface area contributed by atoms with E-state index in [2.05, 4.69) is 29.6 Å². The van der Waals surface area contributed by atoms with E-state index in [1.807, 2.05) is 0 Å². The predicted octanol–water partition coefficient (Wildman–Crippen LogP) is 2.34. The Bertz CT molecular complexity index is 107. The molecule has 0 aromatic carbocycles. The van der Waals surface area contributed by atoms with Crippen molar-refractivity contribution in [2.45, 2.75) is 25.7 Å². The predicted molar refractivity (Wildman–Crippen MR) is 53.5 cm³/mol. The van der Waals surface area contributed by atoms with Crippen LogP contribution in [0.3, 0.4) is 0 Å². The zero-order chi connectivity index (χ0) is 8.53. The molecule has 0 atom stereocenters. The normalized spacial score (nSPS) is 9.55. The van der Waals surface area contributed by atoms with Gasteiger partial charge in [0.05, 0.1) is 6.61 Å². The van der Waals surface area contributed by atoms with Gasteiger partial charge in [0.1, 0.15) is 0 Å². The van der Waals surface area contributed by atoms with E-state index in [1.54, 1.807) is 0 Å². The van der Waals surface area contributed by atoms with Crippen LogP contribution in [0, 0.1) is 0 Å². The van der Waals surface area contributed by atoms with Gasteiger partial charge in [0.2, 0.25) is 0 Å². The van der Waals surface area contributed by atoms with Crippen LogP contribution in [0.15, 0.2) is 0 Å². The zero-order valence-corrected chi connectivity index (χ0v) is 8.16. The van der Waals surface area contributed by atoms with Crippen molar-refractivity contribution in [3.05, 3.63) is 0 Å². The van der Waals surface area contributed by atoms with Crippen molar-refractivity contribution in [3.8, 4) is 0 Å². The first kappa shape index (κ1) is 11.0. The molecule has 0 saturated carbocycles. The summed E-state index contributed by atoms with van der Waals surface area (Å²) in [4.78, 5) is 0. The molecule has 4 heteroatoms. The highest BCUT2D eigenvalue weighted by Crippen LogP contribution is 2.00. The lowest BCUT2D eigenvalue weighted by atomic mass is 10.2. The van der Waals surface area contributed by atoms with Crippen LogP contribution in [0.25, 0.3) is 0 Å².